The molecule has 0 aliphatic carbocycles. The Labute approximate surface area is 193 Å². The second kappa shape index (κ2) is 11.8. The zero-order valence-electron chi connectivity index (χ0n) is 17.3. The van der Waals surface area contributed by atoms with E-state index in [1.165, 1.54) is 20.9 Å². The van der Waals surface area contributed by atoms with Gasteiger partial charge in [-0.2, -0.15) is 0 Å². The molecule has 0 amide bonds. The van der Waals surface area contributed by atoms with Crippen molar-refractivity contribution in [2.45, 2.75) is 22.0 Å². The summed E-state index contributed by atoms with van der Waals surface area (Å²) >= 11 is 3.69. The van der Waals surface area contributed by atoms with Crippen LogP contribution in [-0.2, 0) is 4.74 Å². The van der Waals surface area contributed by atoms with Gasteiger partial charge in [-0.1, -0.05) is 97.1 Å². The molecule has 0 saturated carbocycles. The molecule has 4 rings (SSSR count). The normalized spacial score (nSPS) is 12.9. The monoisotopic (exact) mass is 442 g/mol. The lowest BCUT2D eigenvalue weighted by atomic mass is 10.1. The van der Waals surface area contributed by atoms with E-state index in [1.807, 2.05) is 23.5 Å². The average Bonchev–Trinajstić information content (AvgIpc) is 2.86. The van der Waals surface area contributed by atoms with Crippen LogP contribution < -0.4 is 0 Å². The van der Waals surface area contributed by atoms with E-state index in [2.05, 4.69) is 121 Å². The largest absolute Gasteiger partial charge is 0.364 e. The van der Waals surface area contributed by atoms with Crippen molar-refractivity contribution in [2.24, 2.45) is 0 Å². The molecule has 4 aromatic carbocycles. The molecule has 0 saturated heterocycles. The molecule has 0 aliphatic rings. The van der Waals surface area contributed by atoms with Crippen molar-refractivity contribution < 1.29 is 4.74 Å². The molecule has 31 heavy (non-hydrogen) atoms. The van der Waals surface area contributed by atoms with Crippen LogP contribution in [-0.4, -0.2) is 11.5 Å². The van der Waals surface area contributed by atoms with Crippen molar-refractivity contribution in [1.29, 1.82) is 0 Å². The van der Waals surface area contributed by atoms with Gasteiger partial charge in [0.05, 0.1) is 12.2 Å². The van der Waals surface area contributed by atoms with Crippen LogP contribution in [0.1, 0.15) is 23.3 Å². The minimum absolute atomic E-state index is 0.00739. The summed E-state index contributed by atoms with van der Waals surface area (Å²) in [5, 5.41) is 0. The second-order valence-corrected chi connectivity index (χ2v) is 9.37. The van der Waals surface area contributed by atoms with E-state index >= 15 is 0 Å². The quantitative estimate of drug-likeness (QED) is 0.230. The van der Waals surface area contributed by atoms with Gasteiger partial charge in [0.25, 0.3) is 0 Å². The summed E-state index contributed by atoms with van der Waals surface area (Å²) in [6, 6.07) is 42.3. The SMILES string of the molecule is c1ccc(SCC(OC(CSc2ccccc2)c2ccccc2)c2ccccc2)cc1. The van der Waals surface area contributed by atoms with Crippen molar-refractivity contribution in [3.05, 3.63) is 132 Å². The molecule has 1 nitrogen and oxygen atoms in total. The van der Waals surface area contributed by atoms with Gasteiger partial charge in [0.1, 0.15) is 0 Å². The van der Waals surface area contributed by atoms with E-state index in [0.29, 0.717) is 0 Å². The minimum atomic E-state index is 0.00739. The van der Waals surface area contributed by atoms with Gasteiger partial charge in [0, 0.05) is 21.3 Å². The number of thioether (sulfide) groups is 2. The van der Waals surface area contributed by atoms with Crippen molar-refractivity contribution in [3.8, 4) is 0 Å². The number of ether oxygens (including phenoxy) is 1. The van der Waals surface area contributed by atoms with Crippen LogP contribution in [0.2, 0.25) is 0 Å². The Morgan fingerprint density at radius 2 is 0.774 bits per heavy atom. The Morgan fingerprint density at radius 3 is 1.13 bits per heavy atom. The zero-order chi connectivity index (χ0) is 21.1. The predicted octanol–water partition coefficient (Wildman–Crippen LogP) is 8.07. The highest BCUT2D eigenvalue weighted by Gasteiger charge is 2.21. The molecule has 2 unspecified atom stereocenters. The molecular weight excluding hydrogens is 416 g/mol. The highest BCUT2D eigenvalue weighted by atomic mass is 32.2. The van der Waals surface area contributed by atoms with Crippen LogP contribution in [0.25, 0.3) is 0 Å². The molecule has 4 aromatic rings. The Bertz CT molecular complexity index is 923. The number of hydrogen-bond acceptors (Lipinski definition) is 3. The lowest BCUT2D eigenvalue weighted by molar-refractivity contribution is 0.0115. The zero-order valence-corrected chi connectivity index (χ0v) is 19.0. The Balaban J connectivity index is 1.53. The summed E-state index contributed by atoms with van der Waals surface area (Å²) in [6.45, 7) is 0. The lowest BCUT2D eigenvalue weighted by Gasteiger charge is -2.26. The van der Waals surface area contributed by atoms with Crippen molar-refractivity contribution in [3.63, 3.8) is 0 Å². The van der Waals surface area contributed by atoms with Gasteiger partial charge in [0.15, 0.2) is 0 Å². The van der Waals surface area contributed by atoms with Crippen molar-refractivity contribution in [2.75, 3.05) is 11.5 Å². The predicted molar refractivity (Wildman–Crippen MR) is 134 cm³/mol. The molecule has 3 heteroatoms. The lowest BCUT2D eigenvalue weighted by Crippen LogP contribution is -2.15. The van der Waals surface area contributed by atoms with E-state index in [9.17, 15) is 0 Å². The van der Waals surface area contributed by atoms with Gasteiger partial charge in [0.2, 0.25) is 0 Å². The topological polar surface area (TPSA) is 9.23 Å². The van der Waals surface area contributed by atoms with Crippen molar-refractivity contribution >= 4 is 23.5 Å². The highest BCUT2D eigenvalue weighted by Crippen LogP contribution is 2.35. The molecular formula is C28H26OS2. The molecule has 0 aromatic heterocycles. The van der Waals surface area contributed by atoms with Crippen LogP contribution in [0.3, 0.4) is 0 Å². The van der Waals surface area contributed by atoms with E-state index in [0.717, 1.165) is 11.5 Å². The van der Waals surface area contributed by atoms with Gasteiger partial charge < -0.3 is 4.74 Å². The summed E-state index contributed by atoms with van der Waals surface area (Å²) in [5.74, 6) is 1.74. The van der Waals surface area contributed by atoms with Gasteiger partial charge in [-0.3, -0.25) is 0 Å². The number of rotatable bonds is 10. The van der Waals surface area contributed by atoms with Crippen LogP contribution in [0.5, 0.6) is 0 Å². The standard InChI is InChI=1S/C28H26OS2/c1-5-13-23(14-6-1)27(21-30-25-17-9-3-10-18-25)29-28(24-15-7-2-8-16-24)22-31-26-19-11-4-12-20-26/h1-20,27-28H,21-22H2. The molecule has 2 atom stereocenters. The molecule has 0 fully saturated rings. The van der Waals surface area contributed by atoms with E-state index in [4.69, 9.17) is 4.74 Å². The smallest absolute Gasteiger partial charge is 0.0927 e. The maximum absolute atomic E-state index is 6.82. The number of benzene rings is 4. The fourth-order valence-corrected chi connectivity index (χ4v) is 5.27. The maximum Gasteiger partial charge on any atom is 0.0927 e. The highest BCUT2D eigenvalue weighted by molar-refractivity contribution is 7.99. The Kier molecular flexibility index (Phi) is 8.29. The van der Waals surface area contributed by atoms with Crippen molar-refractivity contribution in [1.82, 2.24) is 0 Å². The average molecular weight is 443 g/mol. The third-order valence-electron chi connectivity index (χ3n) is 4.96. The fourth-order valence-electron chi connectivity index (χ4n) is 3.34. The second-order valence-electron chi connectivity index (χ2n) is 7.18. The third kappa shape index (κ3) is 6.76. The first-order chi connectivity index (χ1) is 15.4. The van der Waals surface area contributed by atoms with Gasteiger partial charge >= 0.3 is 0 Å². The summed E-state index contributed by atoms with van der Waals surface area (Å²) in [7, 11) is 0. The molecule has 0 N–H and O–H groups in total. The molecule has 0 heterocycles. The Hall–Kier alpha value is -2.46. The summed E-state index contributed by atoms with van der Waals surface area (Å²) in [5.41, 5.74) is 2.44. The Morgan fingerprint density at radius 1 is 0.452 bits per heavy atom. The third-order valence-corrected chi connectivity index (χ3v) is 7.11. The first kappa shape index (κ1) is 21.8. The number of hydrogen-bond donors (Lipinski definition) is 0. The van der Waals surface area contributed by atoms with Crippen LogP contribution >= 0.6 is 23.5 Å². The van der Waals surface area contributed by atoms with E-state index in [1.54, 1.807) is 0 Å². The molecule has 0 bridgehead atoms. The van der Waals surface area contributed by atoms with E-state index in [-0.39, 0.29) is 12.2 Å². The minimum Gasteiger partial charge on any atom is -0.364 e. The van der Waals surface area contributed by atoms with Gasteiger partial charge in [-0.15, -0.1) is 23.5 Å². The van der Waals surface area contributed by atoms with Crippen LogP contribution in [0.15, 0.2) is 131 Å². The summed E-state index contributed by atoms with van der Waals surface area (Å²) in [6.07, 6.45) is 0.0148. The first-order valence-corrected chi connectivity index (χ1v) is 12.5. The van der Waals surface area contributed by atoms with E-state index < -0.39 is 0 Å². The first-order valence-electron chi connectivity index (χ1n) is 10.5. The molecule has 0 aliphatic heterocycles. The fraction of sp³-hybridized carbons (Fsp3) is 0.143. The molecule has 0 radical (unpaired) electrons. The molecule has 156 valence electrons. The van der Waals surface area contributed by atoms with Crippen LogP contribution in [0.4, 0.5) is 0 Å². The van der Waals surface area contributed by atoms with Gasteiger partial charge in [-0.25, -0.2) is 0 Å². The summed E-state index contributed by atoms with van der Waals surface area (Å²) in [4.78, 5) is 2.53. The van der Waals surface area contributed by atoms with Crippen LogP contribution in [0, 0.1) is 0 Å². The summed E-state index contributed by atoms with van der Waals surface area (Å²) < 4.78 is 6.82. The van der Waals surface area contributed by atoms with Gasteiger partial charge in [-0.05, 0) is 35.4 Å². The maximum atomic E-state index is 6.82. The molecule has 0 spiro atoms.